The molecule has 0 atom stereocenters. The van der Waals surface area contributed by atoms with Gasteiger partial charge in [0.25, 0.3) is 0 Å². The van der Waals surface area contributed by atoms with Crippen LogP contribution in [0, 0.1) is 5.82 Å². The molecule has 1 aromatic carbocycles. The van der Waals surface area contributed by atoms with Crippen LogP contribution in [0.15, 0.2) is 18.2 Å². The molecule has 1 heterocycles. The van der Waals surface area contributed by atoms with E-state index in [9.17, 15) is 4.39 Å². The Labute approximate surface area is 107 Å². The molecule has 0 radical (unpaired) electrons. The fourth-order valence-electron chi connectivity index (χ4n) is 2.05. The SMILES string of the molecule is OCCCc1ccc(OC2CCOCC2)c(F)c1. The molecule has 100 valence electrons. The molecule has 1 saturated heterocycles. The summed E-state index contributed by atoms with van der Waals surface area (Å²) in [7, 11) is 0. The monoisotopic (exact) mass is 254 g/mol. The van der Waals surface area contributed by atoms with Gasteiger partial charge in [0.1, 0.15) is 6.10 Å². The molecule has 1 N–H and O–H groups in total. The Morgan fingerprint density at radius 2 is 2.11 bits per heavy atom. The van der Waals surface area contributed by atoms with Crippen molar-refractivity contribution in [2.45, 2.75) is 31.8 Å². The Kier molecular flexibility index (Phi) is 4.96. The second kappa shape index (κ2) is 6.71. The number of aliphatic hydroxyl groups is 1. The molecule has 0 saturated carbocycles. The molecule has 0 aromatic heterocycles. The fourth-order valence-corrected chi connectivity index (χ4v) is 2.05. The summed E-state index contributed by atoms with van der Waals surface area (Å²) in [6.45, 7) is 1.49. The largest absolute Gasteiger partial charge is 0.487 e. The van der Waals surface area contributed by atoms with Gasteiger partial charge in [-0.2, -0.15) is 0 Å². The summed E-state index contributed by atoms with van der Waals surface area (Å²) in [4.78, 5) is 0. The third-order valence-electron chi connectivity index (χ3n) is 3.08. The maximum atomic E-state index is 13.8. The van der Waals surface area contributed by atoms with Crippen LogP contribution in [0.3, 0.4) is 0 Å². The molecule has 0 spiro atoms. The highest BCUT2D eigenvalue weighted by Crippen LogP contribution is 2.23. The van der Waals surface area contributed by atoms with Crippen molar-refractivity contribution in [1.82, 2.24) is 0 Å². The zero-order valence-corrected chi connectivity index (χ0v) is 10.4. The molecule has 4 heteroatoms. The number of aryl methyl sites for hydroxylation is 1. The minimum Gasteiger partial charge on any atom is -0.487 e. The summed E-state index contributed by atoms with van der Waals surface area (Å²) in [6, 6.07) is 5.02. The van der Waals surface area contributed by atoms with Crippen molar-refractivity contribution in [1.29, 1.82) is 0 Å². The number of halogens is 1. The first-order chi connectivity index (χ1) is 8.79. The number of ether oxygens (including phenoxy) is 2. The lowest BCUT2D eigenvalue weighted by Gasteiger charge is -2.23. The average molecular weight is 254 g/mol. The Balaban J connectivity index is 1.95. The van der Waals surface area contributed by atoms with Crippen molar-refractivity contribution >= 4 is 0 Å². The number of rotatable bonds is 5. The Hall–Kier alpha value is -1.13. The lowest BCUT2D eigenvalue weighted by molar-refractivity contribution is 0.0240. The number of hydrogen-bond acceptors (Lipinski definition) is 3. The smallest absolute Gasteiger partial charge is 0.165 e. The van der Waals surface area contributed by atoms with Crippen LogP contribution in [0.5, 0.6) is 5.75 Å². The Morgan fingerprint density at radius 3 is 2.78 bits per heavy atom. The first kappa shape index (κ1) is 13.3. The number of benzene rings is 1. The second-order valence-electron chi connectivity index (χ2n) is 4.52. The van der Waals surface area contributed by atoms with E-state index in [1.54, 1.807) is 6.07 Å². The van der Waals surface area contributed by atoms with E-state index in [-0.39, 0.29) is 18.5 Å². The molecule has 0 aliphatic carbocycles. The van der Waals surface area contributed by atoms with Gasteiger partial charge in [0.2, 0.25) is 0 Å². The van der Waals surface area contributed by atoms with Crippen molar-refractivity contribution in [2.75, 3.05) is 19.8 Å². The molecule has 1 fully saturated rings. The highest BCUT2D eigenvalue weighted by molar-refractivity contribution is 5.29. The van der Waals surface area contributed by atoms with Crippen molar-refractivity contribution < 1.29 is 19.0 Å². The molecular weight excluding hydrogens is 235 g/mol. The lowest BCUT2D eigenvalue weighted by atomic mass is 10.1. The molecule has 1 aliphatic heterocycles. The molecule has 1 aliphatic rings. The van der Waals surface area contributed by atoms with Gasteiger partial charge in [0.15, 0.2) is 11.6 Å². The summed E-state index contributed by atoms with van der Waals surface area (Å²) < 4.78 is 24.7. The number of hydrogen-bond donors (Lipinski definition) is 1. The zero-order valence-electron chi connectivity index (χ0n) is 10.4. The van der Waals surface area contributed by atoms with E-state index in [1.807, 2.05) is 6.07 Å². The Morgan fingerprint density at radius 1 is 1.33 bits per heavy atom. The highest BCUT2D eigenvalue weighted by atomic mass is 19.1. The summed E-state index contributed by atoms with van der Waals surface area (Å²) in [5, 5.41) is 8.74. The molecule has 0 amide bonds. The first-order valence-corrected chi connectivity index (χ1v) is 6.43. The van der Waals surface area contributed by atoms with Gasteiger partial charge >= 0.3 is 0 Å². The van der Waals surface area contributed by atoms with E-state index in [0.29, 0.717) is 31.8 Å². The third kappa shape index (κ3) is 3.68. The van der Waals surface area contributed by atoms with Gasteiger partial charge in [0, 0.05) is 19.4 Å². The quantitative estimate of drug-likeness (QED) is 0.876. The van der Waals surface area contributed by atoms with E-state index in [2.05, 4.69) is 0 Å². The molecule has 1 aromatic rings. The van der Waals surface area contributed by atoms with Crippen LogP contribution in [-0.4, -0.2) is 31.0 Å². The predicted molar refractivity (Wildman–Crippen MR) is 66.3 cm³/mol. The van der Waals surface area contributed by atoms with Crippen LogP contribution in [0.25, 0.3) is 0 Å². The minimum atomic E-state index is -0.322. The van der Waals surface area contributed by atoms with Crippen LogP contribution in [0.1, 0.15) is 24.8 Å². The van der Waals surface area contributed by atoms with Crippen molar-refractivity contribution in [3.63, 3.8) is 0 Å². The van der Waals surface area contributed by atoms with Gasteiger partial charge in [-0.25, -0.2) is 4.39 Å². The molecular formula is C14H19FO3. The van der Waals surface area contributed by atoms with Crippen molar-refractivity contribution in [3.05, 3.63) is 29.6 Å². The Bertz CT molecular complexity index is 375. The predicted octanol–water partition coefficient (Wildman–Crippen LogP) is 2.31. The molecule has 0 unspecified atom stereocenters. The van der Waals surface area contributed by atoms with E-state index in [1.165, 1.54) is 6.07 Å². The molecule has 18 heavy (non-hydrogen) atoms. The van der Waals surface area contributed by atoms with E-state index < -0.39 is 0 Å². The maximum Gasteiger partial charge on any atom is 0.165 e. The molecule has 2 rings (SSSR count). The normalized spacial score (nSPS) is 16.8. The van der Waals surface area contributed by atoms with Gasteiger partial charge in [0.05, 0.1) is 13.2 Å². The van der Waals surface area contributed by atoms with Crippen molar-refractivity contribution in [2.24, 2.45) is 0 Å². The molecule has 3 nitrogen and oxygen atoms in total. The van der Waals surface area contributed by atoms with E-state index in [4.69, 9.17) is 14.6 Å². The van der Waals surface area contributed by atoms with E-state index >= 15 is 0 Å². The highest BCUT2D eigenvalue weighted by Gasteiger charge is 2.17. The van der Waals surface area contributed by atoms with Crippen LogP contribution in [0.4, 0.5) is 4.39 Å². The zero-order chi connectivity index (χ0) is 12.8. The van der Waals surface area contributed by atoms with Gasteiger partial charge in [-0.1, -0.05) is 6.07 Å². The fraction of sp³-hybridized carbons (Fsp3) is 0.571. The van der Waals surface area contributed by atoms with Crippen LogP contribution in [0.2, 0.25) is 0 Å². The van der Waals surface area contributed by atoms with Crippen LogP contribution in [-0.2, 0) is 11.2 Å². The second-order valence-corrected chi connectivity index (χ2v) is 4.52. The van der Waals surface area contributed by atoms with Gasteiger partial charge < -0.3 is 14.6 Å². The average Bonchev–Trinajstić information content (AvgIpc) is 2.40. The minimum absolute atomic E-state index is 0.0524. The van der Waals surface area contributed by atoms with Crippen molar-refractivity contribution in [3.8, 4) is 5.75 Å². The van der Waals surface area contributed by atoms with Gasteiger partial charge in [-0.05, 0) is 30.5 Å². The lowest BCUT2D eigenvalue weighted by Crippen LogP contribution is -2.26. The topological polar surface area (TPSA) is 38.7 Å². The van der Waals surface area contributed by atoms with E-state index in [0.717, 1.165) is 18.4 Å². The molecule has 0 bridgehead atoms. The van der Waals surface area contributed by atoms with Crippen LogP contribution >= 0.6 is 0 Å². The van der Waals surface area contributed by atoms with Gasteiger partial charge in [-0.3, -0.25) is 0 Å². The summed E-state index contributed by atoms with van der Waals surface area (Å²) >= 11 is 0. The standard InChI is InChI=1S/C14H19FO3/c15-13-10-11(2-1-7-16)3-4-14(13)18-12-5-8-17-9-6-12/h3-4,10,12,16H,1-2,5-9H2. The summed E-state index contributed by atoms with van der Waals surface area (Å²) in [6.07, 6.45) is 3.01. The van der Waals surface area contributed by atoms with Gasteiger partial charge in [-0.15, -0.1) is 0 Å². The summed E-state index contributed by atoms with van der Waals surface area (Å²) in [5.74, 6) is -0.00780. The maximum absolute atomic E-state index is 13.8. The third-order valence-corrected chi connectivity index (χ3v) is 3.08. The first-order valence-electron chi connectivity index (χ1n) is 6.43. The van der Waals surface area contributed by atoms with Crippen LogP contribution < -0.4 is 4.74 Å². The summed E-state index contributed by atoms with van der Waals surface area (Å²) in [5.41, 5.74) is 0.890. The number of aliphatic hydroxyl groups excluding tert-OH is 1.